The van der Waals surface area contributed by atoms with E-state index in [1.54, 1.807) is 11.3 Å². The highest BCUT2D eigenvalue weighted by atomic mass is 32.1. The van der Waals surface area contributed by atoms with Gasteiger partial charge in [-0.3, -0.25) is 9.58 Å². The summed E-state index contributed by atoms with van der Waals surface area (Å²) in [4.78, 5) is 8.38. The highest BCUT2D eigenvalue weighted by Crippen LogP contribution is 2.23. The Kier molecular flexibility index (Phi) is 6.17. The number of benzene rings is 1. The second-order valence-electron chi connectivity index (χ2n) is 8.67. The molecule has 0 amide bonds. The molecular formula is C26H27N7OS. The van der Waals surface area contributed by atoms with Gasteiger partial charge in [0.05, 0.1) is 18.4 Å². The van der Waals surface area contributed by atoms with Gasteiger partial charge in [0.1, 0.15) is 12.4 Å². The molecule has 0 aliphatic carbocycles. The Morgan fingerprint density at radius 2 is 1.89 bits per heavy atom. The van der Waals surface area contributed by atoms with Crippen LogP contribution in [0.5, 0.6) is 5.75 Å². The van der Waals surface area contributed by atoms with Gasteiger partial charge in [0.25, 0.3) is 0 Å². The molecule has 0 spiro atoms. The second-order valence-corrected chi connectivity index (χ2v) is 9.70. The molecule has 1 aromatic carbocycles. The number of aromatic nitrogens is 5. The SMILES string of the molecule is c1csc(Cn2cc(-c3cccc4nc(Nc5ccc(OCCN6CCCC6)cc5)nn34)cn2)c1. The number of anilines is 2. The minimum absolute atomic E-state index is 0.547. The Morgan fingerprint density at radius 3 is 2.71 bits per heavy atom. The number of hydrogen-bond donors (Lipinski definition) is 1. The van der Waals surface area contributed by atoms with E-state index >= 15 is 0 Å². The Bertz CT molecular complexity index is 1390. The van der Waals surface area contributed by atoms with Crippen LogP contribution in [0.3, 0.4) is 0 Å². The number of thiophene rings is 1. The van der Waals surface area contributed by atoms with Crippen molar-refractivity contribution in [2.24, 2.45) is 0 Å². The standard InChI is InChI=1S/C26H27N7OS/c1-2-13-31(12-1)14-15-34-22-10-8-21(9-11-22)28-26-29-25-7-3-6-24(33(25)30-26)20-17-27-32(18-20)19-23-5-4-16-35-23/h3-11,16-18H,1-2,12-15,19H2,(H,28,30). The maximum atomic E-state index is 5.91. The lowest BCUT2D eigenvalue weighted by Crippen LogP contribution is -2.25. The van der Waals surface area contributed by atoms with Gasteiger partial charge in [-0.15, -0.1) is 16.4 Å². The Labute approximate surface area is 207 Å². The summed E-state index contributed by atoms with van der Waals surface area (Å²) in [5, 5.41) is 14.6. The van der Waals surface area contributed by atoms with E-state index in [9.17, 15) is 0 Å². The van der Waals surface area contributed by atoms with Crippen LogP contribution in [-0.4, -0.2) is 55.5 Å². The minimum Gasteiger partial charge on any atom is -0.492 e. The molecule has 6 rings (SSSR count). The van der Waals surface area contributed by atoms with E-state index in [0.29, 0.717) is 12.6 Å². The van der Waals surface area contributed by atoms with Crippen molar-refractivity contribution in [3.63, 3.8) is 0 Å². The van der Waals surface area contributed by atoms with Gasteiger partial charge in [0.2, 0.25) is 5.95 Å². The summed E-state index contributed by atoms with van der Waals surface area (Å²) in [7, 11) is 0. The Hall–Kier alpha value is -3.69. The normalized spacial score (nSPS) is 14.1. The average Bonchev–Trinajstić information content (AvgIpc) is 3.68. The van der Waals surface area contributed by atoms with Crippen molar-refractivity contribution in [3.05, 3.63) is 77.2 Å². The fourth-order valence-electron chi connectivity index (χ4n) is 4.38. The van der Waals surface area contributed by atoms with Crippen molar-refractivity contribution in [2.45, 2.75) is 19.4 Å². The smallest absolute Gasteiger partial charge is 0.247 e. The zero-order valence-corrected chi connectivity index (χ0v) is 20.2. The van der Waals surface area contributed by atoms with Crippen LogP contribution < -0.4 is 10.1 Å². The molecule has 4 aromatic heterocycles. The van der Waals surface area contributed by atoms with E-state index in [1.807, 2.05) is 64.1 Å². The predicted octanol–water partition coefficient (Wildman–Crippen LogP) is 4.92. The number of pyridine rings is 1. The fourth-order valence-corrected chi connectivity index (χ4v) is 5.08. The summed E-state index contributed by atoms with van der Waals surface area (Å²) < 4.78 is 9.71. The van der Waals surface area contributed by atoms with Crippen molar-refractivity contribution < 1.29 is 4.74 Å². The molecule has 178 valence electrons. The number of likely N-dealkylation sites (tertiary alicyclic amines) is 1. The van der Waals surface area contributed by atoms with Gasteiger partial charge in [0, 0.05) is 28.9 Å². The summed E-state index contributed by atoms with van der Waals surface area (Å²) in [5.41, 5.74) is 3.64. The molecule has 1 aliphatic rings. The number of ether oxygens (including phenoxy) is 1. The fraction of sp³-hybridized carbons (Fsp3) is 0.269. The third-order valence-corrected chi connectivity index (χ3v) is 7.03. The van der Waals surface area contributed by atoms with Crippen LogP contribution in [0.2, 0.25) is 0 Å². The number of rotatable bonds is 9. The molecule has 0 unspecified atom stereocenters. The van der Waals surface area contributed by atoms with E-state index < -0.39 is 0 Å². The highest BCUT2D eigenvalue weighted by Gasteiger charge is 2.12. The molecule has 9 heteroatoms. The maximum Gasteiger partial charge on any atom is 0.247 e. The molecule has 5 aromatic rings. The van der Waals surface area contributed by atoms with Crippen molar-refractivity contribution in [3.8, 4) is 17.0 Å². The zero-order chi connectivity index (χ0) is 23.5. The predicted molar refractivity (Wildman–Crippen MR) is 139 cm³/mol. The molecule has 0 bridgehead atoms. The quantitative estimate of drug-likeness (QED) is 0.320. The van der Waals surface area contributed by atoms with Gasteiger partial charge < -0.3 is 10.1 Å². The lowest BCUT2D eigenvalue weighted by molar-refractivity contribution is 0.238. The third-order valence-electron chi connectivity index (χ3n) is 6.17. The highest BCUT2D eigenvalue weighted by molar-refractivity contribution is 7.09. The average molecular weight is 486 g/mol. The van der Waals surface area contributed by atoms with Gasteiger partial charge in [0.15, 0.2) is 5.65 Å². The summed E-state index contributed by atoms with van der Waals surface area (Å²) in [6.45, 7) is 4.85. The topological polar surface area (TPSA) is 72.5 Å². The van der Waals surface area contributed by atoms with Gasteiger partial charge in [-0.2, -0.15) is 10.1 Å². The molecule has 1 aliphatic heterocycles. The summed E-state index contributed by atoms with van der Waals surface area (Å²) in [6, 6.07) is 18.1. The molecule has 1 N–H and O–H groups in total. The largest absolute Gasteiger partial charge is 0.492 e. The Morgan fingerprint density at radius 1 is 1.00 bits per heavy atom. The van der Waals surface area contributed by atoms with Gasteiger partial charge in [-0.25, -0.2) is 4.52 Å². The number of nitrogens with one attached hydrogen (secondary N) is 1. The van der Waals surface area contributed by atoms with Crippen LogP contribution in [-0.2, 0) is 6.54 Å². The molecule has 5 heterocycles. The maximum absolute atomic E-state index is 5.91. The van der Waals surface area contributed by atoms with Crippen LogP contribution in [0.1, 0.15) is 17.7 Å². The third kappa shape index (κ3) is 5.06. The first-order chi connectivity index (χ1) is 17.3. The first-order valence-corrected chi connectivity index (χ1v) is 12.8. The van der Waals surface area contributed by atoms with Crippen LogP contribution in [0.4, 0.5) is 11.6 Å². The van der Waals surface area contributed by atoms with Gasteiger partial charge >= 0.3 is 0 Å². The first kappa shape index (κ1) is 21.8. The molecular weight excluding hydrogens is 458 g/mol. The number of fused-ring (bicyclic) bond motifs is 1. The lowest BCUT2D eigenvalue weighted by atomic mass is 10.2. The number of nitrogens with zero attached hydrogens (tertiary/aromatic N) is 6. The van der Waals surface area contributed by atoms with Gasteiger partial charge in [-0.05, 0) is 73.8 Å². The van der Waals surface area contributed by atoms with Crippen molar-refractivity contribution in [2.75, 3.05) is 31.6 Å². The number of hydrogen-bond acceptors (Lipinski definition) is 7. The molecule has 35 heavy (non-hydrogen) atoms. The van der Waals surface area contributed by atoms with Crippen molar-refractivity contribution in [1.29, 1.82) is 0 Å². The van der Waals surface area contributed by atoms with E-state index in [2.05, 4.69) is 37.8 Å². The van der Waals surface area contributed by atoms with Crippen molar-refractivity contribution in [1.82, 2.24) is 29.3 Å². The van der Waals surface area contributed by atoms with Crippen molar-refractivity contribution >= 4 is 28.6 Å². The zero-order valence-electron chi connectivity index (χ0n) is 19.4. The van der Waals surface area contributed by atoms with E-state index in [-0.39, 0.29) is 0 Å². The monoisotopic (exact) mass is 485 g/mol. The van der Waals surface area contributed by atoms with Crippen LogP contribution >= 0.6 is 11.3 Å². The van der Waals surface area contributed by atoms with E-state index in [4.69, 9.17) is 9.84 Å². The minimum atomic E-state index is 0.547. The molecule has 0 radical (unpaired) electrons. The first-order valence-electron chi connectivity index (χ1n) is 11.9. The van der Waals surface area contributed by atoms with E-state index in [0.717, 1.165) is 41.4 Å². The second kappa shape index (κ2) is 9.89. The van der Waals surface area contributed by atoms with Crippen LogP contribution in [0.15, 0.2) is 72.4 Å². The molecule has 1 fully saturated rings. The summed E-state index contributed by atoms with van der Waals surface area (Å²) >= 11 is 1.73. The Balaban J connectivity index is 1.13. The molecule has 1 saturated heterocycles. The lowest BCUT2D eigenvalue weighted by Gasteiger charge is -2.15. The van der Waals surface area contributed by atoms with Crippen LogP contribution in [0.25, 0.3) is 16.9 Å². The summed E-state index contributed by atoms with van der Waals surface area (Å²) in [5.74, 6) is 1.42. The summed E-state index contributed by atoms with van der Waals surface area (Å²) in [6.07, 6.45) is 6.53. The molecule has 0 atom stereocenters. The van der Waals surface area contributed by atoms with E-state index in [1.165, 1.54) is 30.8 Å². The molecule has 0 saturated carbocycles. The molecule has 8 nitrogen and oxygen atoms in total. The van der Waals surface area contributed by atoms with Gasteiger partial charge in [-0.1, -0.05) is 12.1 Å². The van der Waals surface area contributed by atoms with Crippen LogP contribution in [0, 0.1) is 0 Å².